The summed E-state index contributed by atoms with van der Waals surface area (Å²) in [5.74, 6) is -0.873. The molecule has 0 aromatic carbocycles. The van der Waals surface area contributed by atoms with Crippen molar-refractivity contribution in [2.45, 2.75) is 19.4 Å². The summed E-state index contributed by atoms with van der Waals surface area (Å²) in [6, 6.07) is 2.68. The van der Waals surface area contributed by atoms with E-state index in [2.05, 4.69) is 0 Å². The third-order valence-electron chi connectivity index (χ3n) is 3.27. The number of hydrogen-bond donors (Lipinski definition) is 1. The highest BCUT2D eigenvalue weighted by Crippen LogP contribution is 2.37. The molecule has 1 aromatic heterocycles. The molecule has 1 aliphatic heterocycles. The molecule has 6 nitrogen and oxygen atoms in total. The number of aliphatic hydroxyl groups excluding tert-OH is 1. The van der Waals surface area contributed by atoms with Crippen LogP contribution in [0, 0.1) is 0 Å². The molecule has 20 heavy (non-hydrogen) atoms. The first-order valence-electron chi connectivity index (χ1n) is 6.41. The van der Waals surface area contributed by atoms with Crippen LogP contribution in [0.3, 0.4) is 0 Å². The number of ether oxygens (including phenoxy) is 1. The third-order valence-corrected chi connectivity index (χ3v) is 3.27. The van der Waals surface area contributed by atoms with Gasteiger partial charge in [0, 0.05) is 20.1 Å². The number of rotatable bonds is 6. The Labute approximate surface area is 116 Å². The van der Waals surface area contributed by atoms with Gasteiger partial charge in [-0.3, -0.25) is 9.59 Å². The van der Waals surface area contributed by atoms with Gasteiger partial charge in [0.25, 0.3) is 5.91 Å². The van der Waals surface area contributed by atoms with Crippen LogP contribution >= 0.6 is 0 Å². The molecule has 1 amide bonds. The summed E-state index contributed by atoms with van der Waals surface area (Å²) in [5.41, 5.74) is 0.101. The van der Waals surface area contributed by atoms with Crippen LogP contribution < -0.4 is 0 Å². The molecule has 1 unspecified atom stereocenters. The number of aliphatic hydroxyl groups is 1. The smallest absolute Gasteiger partial charge is 0.290 e. The van der Waals surface area contributed by atoms with Gasteiger partial charge in [0.1, 0.15) is 11.8 Å². The summed E-state index contributed by atoms with van der Waals surface area (Å²) in [6.45, 7) is 2.26. The number of Topliss-reactive ketones (excluding diaryl/α,β-unsaturated/α-hetero) is 1. The first-order chi connectivity index (χ1) is 9.61. The van der Waals surface area contributed by atoms with E-state index in [9.17, 15) is 14.7 Å². The average molecular weight is 279 g/mol. The molecule has 0 saturated carbocycles. The number of amides is 1. The van der Waals surface area contributed by atoms with Crippen molar-refractivity contribution in [2.24, 2.45) is 0 Å². The van der Waals surface area contributed by atoms with Crippen molar-refractivity contribution in [1.29, 1.82) is 0 Å². The molecule has 1 N–H and O–H groups in total. The molecule has 0 fully saturated rings. The van der Waals surface area contributed by atoms with E-state index in [1.807, 2.05) is 0 Å². The zero-order chi connectivity index (χ0) is 14.7. The normalized spacial score (nSPS) is 19.0. The Hall–Kier alpha value is -2.08. The van der Waals surface area contributed by atoms with Gasteiger partial charge in [-0.05, 0) is 12.1 Å². The lowest BCUT2D eigenvalue weighted by molar-refractivity contribution is -0.130. The van der Waals surface area contributed by atoms with E-state index < -0.39 is 17.7 Å². The average Bonchev–Trinajstić information content (AvgIpc) is 3.05. The largest absolute Gasteiger partial charge is 0.503 e. The molecule has 6 heteroatoms. The Kier molecular flexibility index (Phi) is 4.24. The van der Waals surface area contributed by atoms with Crippen molar-refractivity contribution in [3.8, 4) is 0 Å². The molecule has 0 radical (unpaired) electrons. The van der Waals surface area contributed by atoms with Crippen LogP contribution in [0.4, 0.5) is 0 Å². The second-order valence-electron chi connectivity index (χ2n) is 4.45. The van der Waals surface area contributed by atoms with Crippen molar-refractivity contribution in [2.75, 3.05) is 20.3 Å². The topological polar surface area (TPSA) is 80.0 Å². The maximum absolute atomic E-state index is 12.1. The highest BCUT2D eigenvalue weighted by molar-refractivity contribution is 6.08. The van der Waals surface area contributed by atoms with Crippen molar-refractivity contribution in [3.63, 3.8) is 0 Å². The van der Waals surface area contributed by atoms with Gasteiger partial charge in [-0.1, -0.05) is 6.92 Å². The fourth-order valence-corrected chi connectivity index (χ4v) is 2.29. The monoisotopic (exact) mass is 279 g/mol. The predicted octanol–water partition coefficient (Wildman–Crippen LogP) is 1.60. The number of ketones is 1. The number of carbonyl (C=O) groups excluding carboxylic acids is 2. The lowest BCUT2D eigenvalue weighted by Crippen LogP contribution is -2.33. The highest BCUT2D eigenvalue weighted by atomic mass is 16.5. The standard InChI is InChI=1S/C14H17NO5/c1-3-9(16)11-12(10-5-4-7-20-10)15(6-8-19-2)14(18)13(11)17/h4-5,7,12,17H,3,6,8H2,1-2H3. The van der Waals surface area contributed by atoms with E-state index >= 15 is 0 Å². The van der Waals surface area contributed by atoms with E-state index in [0.717, 1.165) is 0 Å². The van der Waals surface area contributed by atoms with Gasteiger partial charge in [0.15, 0.2) is 11.5 Å². The molecule has 2 rings (SSSR count). The van der Waals surface area contributed by atoms with Crippen LogP contribution in [0.5, 0.6) is 0 Å². The van der Waals surface area contributed by atoms with E-state index in [-0.39, 0.29) is 24.3 Å². The minimum absolute atomic E-state index is 0.101. The fraction of sp³-hybridized carbons (Fsp3) is 0.429. The Bertz CT molecular complexity index is 532. The van der Waals surface area contributed by atoms with Crippen LogP contribution in [0.2, 0.25) is 0 Å². The first kappa shape index (κ1) is 14.3. The minimum atomic E-state index is -0.680. The Morgan fingerprint density at radius 1 is 1.55 bits per heavy atom. The van der Waals surface area contributed by atoms with Gasteiger partial charge < -0.3 is 19.2 Å². The van der Waals surface area contributed by atoms with Crippen LogP contribution in [0.25, 0.3) is 0 Å². The number of furan rings is 1. The first-order valence-corrected chi connectivity index (χ1v) is 6.41. The fourth-order valence-electron chi connectivity index (χ4n) is 2.29. The van der Waals surface area contributed by atoms with Crippen molar-refractivity contribution >= 4 is 11.7 Å². The molecule has 0 bridgehead atoms. The Balaban J connectivity index is 2.42. The number of methoxy groups -OCH3 is 1. The Morgan fingerprint density at radius 3 is 2.85 bits per heavy atom. The van der Waals surface area contributed by atoms with Crippen LogP contribution in [0.15, 0.2) is 34.1 Å². The Morgan fingerprint density at radius 2 is 2.30 bits per heavy atom. The van der Waals surface area contributed by atoms with E-state index in [0.29, 0.717) is 12.4 Å². The lowest BCUT2D eigenvalue weighted by Gasteiger charge is -2.24. The van der Waals surface area contributed by atoms with Crippen LogP contribution in [0.1, 0.15) is 25.1 Å². The number of carbonyl (C=O) groups is 2. The molecule has 2 heterocycles. The van der Waals surface area contributed by atoms with Gasteiger partial charge in [0.2, 0.25) is 0 Å². The van der Waals surface area contributed by atoms with Gasteiger partial charge in [0.05, 0.1) is 18.4 Å². The maximum Gasteiger partial charge on any atom is 0.290 e. The quantitative estimate of drug-likeness (QED) is 0.855. The molecule has 1 aliphatic rings. The van der Waals surface area contributed by atoms with E-state index in [4.69, 9.17) is 9.15 Å². The molecular weight excluding hydrogens is 262 g/mol. The lowest BCUT2D eigenvalue weighted by atomic mass is 10.00. The van der Waals surface area contributed by atoms with Crippen LogP contribution in [-0.2, 0) is 14.3 Å². The minimum Gasteiger partial charge on any atom is -0.503 e. The molecule has 1 aromatic rings. The van der Waals surface area contributed by atoms with Gasteiger partial charge in [-0.25, -0.2) is 0 Å². The van der Waals surface area contributed by atoms with Gasteiger partial charge in [-0.2, -0.15) is 0 Å². The van der Waals surface area contributed by atoms with Gasteiger partial charge >= 0.3 is 0 Å². The second-order valence-corrected chi connectivity index (χ2v) is 4.45. The molecule has 0 spiro atoms. The van der Waals surface area contributed by atoms with Crippen molar-refractivity contribution < 1.29 is 23.8 Å². The zero-order valence-corrected chi connectivity index (χ0v) is 11.5. The molecule has 108 valence electrons. The van der Waals surface area contributed by atoms with Crippen molar-refractivity contribution in [3.05, 3.63) is 35.5 Å². The molecule has 1 atom stereocenters. The van der Waals surface area contributed by atoms with Crippen molar-refractivity contribution in [1.82, 2.24) is 4.90 Å². The zero-order valence-electron chi connectivity index (χ0n) is 11.5. The van der Waals surface area contributed by atoms with Gasteiger partial charge in [-0.15, -0.1) is 0 Å². The van der Waals surface area contributed by atoms with E-state index in [1.54, 1.807) is 19.1 Å². The maximum atomic E-state index is 12.1. The SMILES string of the molecule is CCC(=O)C1=C(O)C(=O)N(CCOC)C1c1ccco1. The summed E-state index contributed by atoms with van der Waals surface area (Å²) in [5, 5.41) is 9.98. The number of hydrogen-bond acceptors (Lipinski definition) is 5. The predicted molar refractivity (Wildman–Crippen MR) is 70.0 cm³/mol. The third kappa shape index (κ3) is 2.34. The summed E-state index contributed by atoms with van der Waals surface area (Å²) in [6.07, 6.45) is 1.68. The summed E-state index contributed by atoms with van der Waals surface area (Å²) in [7, 11) is 1.52. The second kappa shape index (κ2) is 5.92. The highest BCUT2D eigenvalue weighted by Gasteiger charge is 2.44. The molecular formula is C14H17NO5. The van der Waals surface area contributed by atoms with Crippen LogP contribution in [-0.4, -0.2) is 42.0 Å². The summed E-state index contributed by atoms with van der Waals surface area (Å²) in [4.78, 5) is 25.5. The molecule has 0 saturated heterocycles. The number of nitrogens with zero attached hydrogens (tertiary/aromatic N) is 1. The van der Waals surface area contributed by atoms with E-state index in [1.165, 1.54) is 18.3 Å². The summed E-state index contributed by atoms with van der Waals surface area (Å²) < 4.78 is 10.3. The summed E-state index contributed by atoms with van der Waals surface area (Å²) >= 11 is 0. The molecule has 0 aliphatic carbocycles.